The lowest BCUT2D eigenvalue weighted by Gasteiger charge is -2.03. The Morgan fingerprint density at radius 3 is 2.76 bits per heavy atom. The highest BCUT2D eigenvalue weighted by Crippen LogP contribution is 2.23. The largest absolute Gasteiger partial charge is 0.354 e. The average Bonchev–Trinajstić information content (AvgIpc) is 2.84. The first kappa shape index (κ1) is 15.2. The van der Waals surface area contributed by atoms with Crippen LogP contribution in [0.1, 0.15) is 47.9 Å². The van der Waals surface area contributed by atoms with E-state index in [0.717, 1.165) is 28.7 Å². The monoisotopic (exact) mass is 287 g/mol. The molecule has 112 valence electrons. The van der Waals surface area contributed by atoms with Crippen LogP contribution in [0.3, 0.4) is 0 Å². The van der Waals surface area contributed by atoms with E-state index in [9.17, 15) is 9.59 Å². The Morgan fingerprint density at radius 1 is 1.33 bits per heavy atom. The molecule has 0 saturated carbocycles. The Labute approximate surface area is 124 Å². The number of aryl methyl sites for hydroxylation is 2. The summed E-state index contributed by atoms with van der Waals surface area (Å²) in [5, 5.41) is 2.64. The lowest BCUT2D eigenvalue weighted by atomic mass is 10.0. The van der Waals surface area contributed by atoms with Crippen LogP contribution in [0.2, 0.25) is 0 Å². The first-order valence-electron chi connectivity index (χ1n) is 7.28. The molecule has 0 radical (unpaired) electrons. The zero-order valence-electron chi connectivity index (χ0n) is 12.7. The van der Waals surface area contributed by atoms with E-state index in [1.807, 2.05) is 26.0 Å². The predicted octanol–water partition coefficient (Wildman–Crippen LogP) is 2.53. The van der Waals surface area contributed by atoms with Crippen LogP contribution in [0.25, 0.3) is 11.0 Å². The minimum Gasteiger partial charge on any atom is -0.354 e. The lowest BCUT2D eigenvalue weighted by Crippen LogP contribution is -2.19. The lowest BCUT2D eigenvalue weighted by molar-refractivity contribution is -0.118. The van der Waals surface area contributed by atoms with E-state index < -0.39 is 0 Å². The molecule has 5 nitrogen and oxygen atoms in total. The van der Waals surface area contributed by atoms with Crippen LogP contribution in [0.15, 0.2) is 12.1 Å². The molecule has 0 aliphatic rings. The van der Waals surface area contributed by atoms with Crippen molar-refractivity contribution in [3.63, 3.8) is 0 Å². The SMILES string of the molecule is CCC(=O)CCCc1c(C(=O)NC)[nH]c2ccc(C)nc12. The van der Waals surface area contributed by atoms with Gasteiger partial charge in [-0.15, -0.1) is 0 Å². The molecular formula is C16H21N3O2. The normalized spacial score (nSPS) is 10.8. The average molecular weight is 287 g/mol. The molecule has 5 heteroatoms. The standard InChI is InChI=1S/C16H21N3O2/c1-4-11(20)6-5-7-12-14-13(9-8-10(2)18-14)19-15(12)16(21)17-3/h8-9,19H,4-7H2,1-3H3,(H,17,21). The van der Waals surface area contributed by atoms with E-state index >= 15 is 0 Å². The predicted molar refractivity (Wildman–Crippen MR) is 82.5 cm³/mol. The van der Waals surface area contributed by atoms with Crippen molar-refractivity contribution < 1.29 is 9.59 Å². The maximum absolute atomic E-state index is 12.0. The van der Waals surface area contributed by atoms with Crippen LogP contribution >= 0.6 is 0 Å². The van der Waals surface area contributed by atoms with E-state index in [2.05, 4.69) is 15.3 Å². The number of aromatic amines is 1. The summed E-state index contributed by atoms with van der Waals surface area (Å²) < 4.78 is 0. The molecular weight excluding hydrogens is 266 g/mol. The third-order valence-electron chi connectivity index (χ3n) is 3.61. The van der Waals surface area contributed by atoms with Crippen LogP contribution < -0.4 is 5.32 Å². The smallest absolute Gasteiger partial charge is 0.267 e. The minimum absolute atomic E-state index is 0.150. The summed E-state index contributed by atoms with van der Waals surface area (Å²) in [4.78, 5) is 31.1. The van der Waals surface area contributed by atoms with Crippen molar-refractivity contribution in [1.29, 1.82) is 0 Å². The Balaban J connectivity index is 2.35. The van der Waals surface area contributed by atoms with Gasteiger partial charge in [-0.05, 0) is 31.9 Å². The molecule has 0 fully saturated rings. The number of rotatable bonds is 6. The highest BCUT2D eigenvalue weighted by molar-refractivity contribution is 5.99. The highest BCUT2D eigenvalue weighted by atomic mass is 16.1. The number of fused-ring (bicyclic) bond motifs is 1. The van der Waals surface area contributed by atoms with Gasteiger partial charge >= 0.3 is 0 Å². The summed E-state index contributed by atoms with van der Waals surface area (Å²) in [6.07, 6.45) is 2.51. The van der Waals surface area contributed by atoms with Gasteiger partial charge in [-0.25, -0.2) is 0 Å². The van der Waals surface area contributed by atoms with Gasteiger partial charge in [0.1, 0.15) is 11.5 Å². The van der Waals surface area contributed by atoms with Crippen LogP contribution in [-0.2, 0) is 11.2 Å². The Morgan fingerprint density at radius 2 is 2.10 bits per heavy atom. The molecule has 2 rings (SSSR count). The third-order valence-corrected chi connectivity index (χ3v) is 3.61. The molecule has 0 spiro atoms. The summed E-state index contributed by atoms with van der Waals surface area (Å²) in [7, 11) is 1.61. The second-order valence-corrected chi connectivity index (χ2v) is 5.15. The number of hydrogen-bond acceptors (Lipinski definition) is 3. The number of aromatic nitrogens is 2. The highest BCUT2D eigenvalue weighted by Gasteiger charge is 2.18. The molecule has 0 atom stereocenters. The molecule has 1 amide bonds. The van der Waals surface area contributed by atoms with Gasteiger partial charge in [0.15, 0.2) is 0 Å². The van der Waals surface area contributed by atoms with Gasteiger partial charge < -0.3 is 10.3 Å². The summed E-state index contributed by atoms with van der Waals surface area (Å²) in [6.45, 7) is 3.80. The second kappa shape index (κ2) is 6.52. The van der Waals surface area contributed by atoms with Gasteiger partial charge in [0, 0.05) is 31.1 Å². The maximum atomic E-state index is 12.0. The van der Waals surface area contributed by atoms with Crippen molar-refractivity contribution in [2.45, 2.75) is 39.5 Å². The van der Waals surface area contributed by atoms with Crippen molar-refractivity contribution in [3.05, 3.63) is 29.1 Å². The summed E-state index contributed by atoms with van der Waals surface area (Å²) in [5.41, 5.74) is 4.05. The molecule has 0 aliphatic carbocycles. The van der Waals surface area contributed by atoms with Crippen LogP contribution in [-0.4, -0.2) is 28.7 Å². The van der Waals surface area contributed by atoms with E-state index in [0.29, 0.717) is 25.0 Å². The van der Waals surface area contributed by atoms with Gasteiger partial charge in [-0.1, -0.05) is 6.92 Å². The third kappa shape index (κ3) is 3.29. The number of nitrogens with one attached hydrogen (secondary N) is 2. The fraction of sp³-hybridized carbons (Fsp3) is 0.438. The molecule has 2 heterocycles. The molecule has 21 heavy (non-hydrogen) atoms. The number of ketones is 1. The van der Waals surface area contributed by atoms with Crippen molar-refractivity contribution >= 4 is 22.7 Å². The van der Waals surface area contributed by atoms with E-state index in [1.165, 1.54) is 0 Å². The Bertz CT molecular complexity index is 673. The molecule has 0 unspecified atom stereocenters. The Kier molecular flexibility index (Phi) is 4.73. The number of H-pyrrole nitrogens is 1. The second-order valence-electron chi connectivity index (χ2n) is 5.15. The molecule has 2 aromatic heterocycles. The number of amides is 1. The zero-order chi connectivity index (χ0) is 15.4. The molecule has 0 aliphatic heterocycles. The quantitative estimate of drug-likeness (QED) is 0.857. The van der Waals surface area contributed by atoms with Gasteiger partial charge in [0.25, 0.3) is 5.91 Å². The molecule has 0 aromatic carbocycles. The molecule has 2 aromatic rings. The number of hydrogen-bond donors (Lipinski definition) is 2. The first-order chi connectivity index (χ1) is 10.1. The minimum atomic E-state index is -0.150. The van der Waals surface area contributed by atoms with Crippen molar-refractivity contribution in [2.75, 3.05) is 7.05 Å². The van der Waals surface area contributed by atoms with Crippen molar-refractivity contribution in [2.24, 2.45) is 0 Å². The fourth-order valence-electron chi connectivity index (χ4n) is 2.42. The number of nitrogens with zero attached hydrogens (tertiary/aromatic N) is 1. The van der Waals surface area contributed by atoms with Gasteiger partial charge in [-0.3, -0.25) is 14.6 Å². The Hall–Kier alpha value is -2.17. The number of Topliss-reactive ketones (excluding diaryl/α,β-unsaturated/α-hetero) is 1. The zero-order valence-corrected chi connectivity index (χ0v) is 12.7. The molecule has 0 bridgehead atoms. The molecule has 2 N–H and O–H groups in total. The summed E-state index contributed by atoms with van der Waals surface area (Å²) >= 11 is 0. The van der Waals surface area contributed by atoms with Crippen LogP contribution in [0.5, 0.6) is 0 Å². The number of carbonyl (C=O) groups excluding carboxylic acids is 2. The van der Waals surface area contributed by atoms with Gasteiger partial charge in [-0.2, -0.15) is 0 Å². The van der Waals surface area contributed by atoms with Crippen LogP contribution in [0.4, 0.5) is 0 Å². The fourth-order valence-corrected chi connectivity index (χ4v) is 2.42. The summed E-state index contributed by atoms with van der Waals surface area (Å²) in [5.74, 6) is 0.0999. The van der Waals surface area contributed by atoms with E-state index in [-0.39, 0.29) is 11.7 Å². The maximum Gasteiger partial charge on any atom is 0.267 e. The van der Waals surface area contributed by atoms with Gasteiger partial charge in [0.05, 0.1) is 11.0 Å². The number of pyridine rings is 1. The van der Waals surface area contributed by atoms with E-state index in [4.69, 9.17) is 0 Å². The topological polar surface area (TPSA) is 74.8 Å². The van der Waals surface area contributed by atoms with Crippen molar-refractivity contribution in [3.8, 4) is 0 Å². The van der Waals surface area contributed by atoms with Crippen LogP contribution in [0, 0.1) is 6.92 Å². The molecule has 0 saturated heterocycles. The first-order valence-corrected chi connectivity index (χ1v) is 7.28. The van der Waals surface area contributed by atoms with Crippen molar-refractivity contribution in [1.82, 2.24) is 15.3 Å². The van der Waals surface area contributed by atoms with E-state index in [1.54, 1.807) is 7.05 Å². The van der Waals surface area contributed by atoms with Gasteiger partial charge in [0.2, 0.25) is 0 Å². The number of carbonyl (C=O) groups is 2. The summed E-state index contributed by atoms with van der Waals surface area (Å²) in [6, 6.07) is 3.85.